The number of nitrogens with zero attached hydrogens (tertiary/aromatic N) is 3. The molecule has 1 N–H and O–H groups in total. The molecule has 1 aromatic heterocycles. The lowest BCUT2D eigenvalue weighted by molar-refractivity contribution is -0.115. The van der Waals surface area contributed by atoms with Gasteiger partial charge in [-0.1, -0.05) is 12.1 Å². The Balaban J connectivity index is 1.63. The number of hydrogen-bond acceptors (Lipinski definition) is 6. The van der Waals surface area contributed by atoms with Gasteiger partial charge in [-0.2, -0.15) is 0 Å². The van der Waals surface area contributed by atoms with Gasteiger partial charge in [0.15, 0.2) is 21.5 Å². The largest absolute Gasteiger partial charge is 0.351 e. The Morgan fingerprint density at radius 2 is 2.11 bits per heavy atom. The summed E-state index contributed by atoms with van der Waals surface area (Å²) >= 11 is 0. The van der Waals surface area contributed by atoms with Crippen LogP contribution in [0.5, 0.6) is 0 Å². The number of nitrogens with one attached hydrogen (secondary N) is 1. The van der Waals surface area contributed by atoms with E-state index in [2.05, 4.69) is 15.5 Å². The normalized spacial score (nSPS) is 18.2. The summed E-state index contributed by atoms with van der Waals surface area (Å²) in [7, 11) is -2.99. The number of halogens is 1. The van der Waals surface area contributed by atoms with Crippen LogP contribution in [0.3, 0.4) is 0 Å². The summed E-state index contributed by atoms with van der Waals surface area (Å²) in [5.74, 6) is 0.456. The zero-order chi connectivity index (χ0) is 19.4. The van der Waals surface area contributed by atoms with Crippen LogP contribution in [0.15, 0.2) is 36.4 Å². The molecule has 2 heterocycles. The van der Waals surface area contributed by atoms with Gasteiger partial charge < -0.3 is 10.2 Å². The maximum Gasteiger partial charge on any atom is 0.229 e. The van der Waals surface area contributed by atoms with Gasteiger partial charge in [0.05, 0.1) is 17.9 Å². The molecule has 0 aliphatic carbocycles. The topological polar surface area (TPSA) is 92.3 Å². The minimum atomic E-state index is -2.99. The van der Waals surface area contributed by atoms with E-state index in [1.54, 1.807) is 24.3 Å². The van der Waals surface area contributed by atoms with Crippen LogP contribution in [-0.4, -0.2) is 48.6 Å². The molecule has 3 rings (SSSR count). The number of amides is 1. The number of aromatic nitrogens is 2. The molecule has 1 unspecified atom stereocenters. The quantitative estimate of drug-likeness (QED) is 0.806. The third kappa shape index (κ3) is 5.00. The second-order valence-electron chi connectivity index (χ2n) is 6.47. The molecule has 0 radical (unpaired) electrons. The number of rotatable bonds is 6. The van der Waals surface area contributed by atoms with Gasteiger partial charge in [-0.05, 0) is 43.2 Å². The minimum Gasteiger partial charge on any atom is -0.351 e. The maximum atomic E-state index is 13.2. The van der Waals surface area contributed by atoms with Gasteiger partial charge in [-0.3, -0.25) is 4.79 Å². The summed E-state index contributed by atoms with van der Waals surface area (Å²) in [6, 6.07) is 9.07. The van der Waals surface area contributed by atoms with Gasteiger partial charge in [0.25, 0.3) is 0 Å². The summed E-state index contributed by atoms with van der Waals surface area (Å²) in [5, 5.41) is 10.8. The Morgan fingerprint density at radius 3 is 2.70 bits per heavy atom. The van der Waals surface area contributed by atoms with Crippen molar-refractivity contribution in [1.82, 2.24) is 10.2 Å². The molecule has 1 aromatic carbocycles. The number of benzene rings is 1. The van der Waals surface area contributed by atoms with Crippen LogP contribution in [0.4, 0.5) is 16.0 Å². The molecule has 1 saturated heterocycles. The highest BCUT2D eigenvalue weighted by atomic mass is 32.2. The van der Waals surface area contributed by atoms with Crippen LogP contribution < -0.4 is 10.2 Å². The molecule has 1 aliphatic heterocycles. The lowest BCUT2D eigenvalue weighted by Crippen LogP contribution is -2.36. The first kappa shape index (κ1) is 19.2. The van der Waals surface area contributed by atoms with Crippen LogP contribution in [0.1, 0.15) is 18.9 Å². The van der Waals surface area contributed by atoms with E-state index < -0.39 is 15.7 Å². The summed E-state index contributed by atoms with van der Waals surface area (Å²) in [6.45, 7) is 2.54. The van der Waals surface area contributed by atoms with Gasteiger partial charge in [-0.15, -0.1) is 10.2 Å². The van der Waals surface area contributed by atoms with E-state index in [0.717, 1.165) is 0 Å². The predicted octanol–water partition coefficient (Wildman–Crippen LogP) is 1.81. The first-order chi connectivity index (χ1) is 12.9. The fourth-order valence-electron chi connectivity index (χ4n) is 3.19. The van der Waals surface area contributed by atoms with Crippen molar-refractivity contribution in [2.45, 2.75) is 25.8 Å². The lowest BCUT2D eigenvalue weighted by Gasteiger charge is -2.27. The third-order valence-electron chi connectivity index (χ3n) is 4.46. The van der Waals surface area contributed by atoms with Crippen molar-refractivity contribution in [3.05, 3.63) is 47.8 Å². The number of anilines is 2. The molecular formula is C18H21FN4O3S. The SMILES string of the molecule is CCN(c1ccc(NC(=O)Cc2cccc(F)c2)nn1)C1CCS(=O)(=O)C1. The maximum absolute atomic E-state index is 13.2. The number of carbonyl (C=O) groups excluding carboxylic acids is 1. The highest BCUT2D eigenvalue weighted by Crippen LogP contribution is 2.22. The van der Waals surface area contributed by atoms with Gasteiger partial charge in [0.1, 0.15) is 5.82 Å². The molecule has 0 bridgehead atoms. The second-order valence-corrected chi connectivity index (χ2v) is 8.70. The van der Waals surface area contributed by atoms with Crippen LogP contribution in [0.2, 0.25) is 0 Å². The number of carbonyl (C=O) groups is 1. The summed E-state index contributed by atoms with van der Waals surface area (Å²) in [6.07, 6.45) is 0.603. The molecule has 1 amide bonds. The minimum absolute atomic E-state index is 0.0300. The Morgan fingerprint density at radius 1 is 1.30 bits per heavy atom. The first-order valence-electron chi connectivity index (χ1n) is 8.71. The molecule has 1 atom stereocenters. The summed E-state index contributed by atoms with van der Waals surface area (Å²) in [4.78, 5) is 14.0. The standard InChI is InChI=1S/C18H21FN4O3S/c1-2-23(15-8-9-27(25,26)12-15)17-7-6-16(21-22-17)20-18(24)11-13-4-3-5-14(19)10-13/h3-7,10,15H,2,8-9,11-12H2,1H3,(H,20,21,24). The van der Waals surface area contributed by atoms with E-state index in [-0.39, 0.29) is 35.7 Å². The van der Waals surface area contributed by atoms with Crippen molar-refractivity contribution in [2.24, 2.45) is 0 Å². The van der Waals surface area contributed by atoms with Gasteiger partial charge >= 0.3 is 0 Å². The van der Waals surface area contributed by atoms with E-state index in [9.17, 15) is 17.6 Å². The third-order valence-corrected chi connectivity index (χ3v) is 6.21. The van der Waals surface area contributed by atoms with Crippen molar-refractivity contribution in [2.75, 3.05) is 28.3 Å². The van der Waals surface area contributed by atoms with Crippen LogP contribution in [-0.2, 0) is 21.1 Å². The highest BCUT2D eigenvalue weighted by Gasteiger charge is 2.32. The zero-order valence-corrected chi connectivity index (χ0v) is 15.7. The van der Waals surface area contributed by atoms with E-state index in [1.165, 1.54) is 12.1 Å². The van der Waals surface area contributed by atoms with Gasteiger partial charge in [0, 0.05) is 12.6 Å². The second kappa shape index (κ2) is 7.99. The molecule has 0 saturated carbocycles. The van der Waals surface area contributed by atoms with Crippen molar-refractivity contribution in [3.8, 4) is 0 Å². The Bertz CT molecular complexity index is 918. The van der Waals surface area contributed by atoms with Crippen molar-refractivity contribution in [3.63, 3.8) is 0 Å². The Labute approximate surface area is 157 Å². The Hall–Kier alpha value is -2.55. The molecule has 1 fully saturated rings. The van der Waals surface area contributed by atoms with Crippen molar-refractivity contribution < 1.29 is 17.6 Å². The van der Waals surface area contributed by atoms with E-state index in [4.69, 9.17) is 0 Å². The molecular weight excluding hydrogens is 371 g/mol. The van der Waals surface area contributed by atoms with Gasteiger partial charge in [-0.25, -0.2) is 12.8 Å². The molecule has 7 nitrogen and oxygen atoms in total. The van der Waals surface area contributed by atoms with Crippen LogP contribution in [0.25, 0.3) is 0 Å². The average Bonchev–Trinajstić information content (AvgIpc) is 2.96. The average molecular weight is 392 g/mol. The smallest absolute Gasteiger partial charge is 0.229 e. The molecule has 27 heavy (non-hydrogen) atoms. The van der Waals surface area contributed by atoms with E-state index >= 15 is 0 Å². The first-order valence-corrected chi connectivity index (χ1v) is 10.5. The predicted molar refractivity (Wildman–Crippen MR) is 101 cm³/mol. The van der Waals surface area contributed by atoms with Gasteiger partial charge in [0.2, 0.25) is 5.91 Å². The number of hydrogen-bond donors (Lipinski definition) is 1. The van der Waals surface area contributed by atoms with Crippen LogP contribution in [0, 0.1) is 5.82 Å². The molecule has 2 aromatic rings. The fourth-order valence-corrected chi connectivity index (χ4v) is 4.92. The summed E-state index contributed by atoms with van der Waals surface area (Å²) in [5.41, 5.74) is 0.566. The molecule has 1 aliphatic rings. The highest BCUT2D eigenvalue weighted by molar-refractivity contribution is 7.91. The Kier molecular flexibility index (Phi) is 5.69. The fraction of sp³-hybridized carbons (Fsp3) is 0.389. The molecule has 0 spiro atoms. The van der Waals surface area contributed by atoms with E-state index in [1.807, 2.05) is 11.8 Å². The summed E-state index contributed by atoms with van der Waals surface area (Å²) < 4.78 is 36.6. The molecule has 144 valence electrons. The zero-order valence-electron chi connectivity index (χ0n) is 14.9. The van der Waals surface area contributed by atoms with Crippen LogP contribution >= 0.6 is 0 Å². The molecule has 9 heteroatoms. The van der Waals surface area contributed by atoms with Crippen molar-refractivity contribution in [1.29, 1.82) is 0 Å². The lowest BCUT2D eigenvalue weighted by atomic mass is 10.1. The van der Waals surface area contributed by atoms with Crippen molar-refractivity contribution >= 4 is 27.4 Å². The van der Waals surface area contributed by atoms with E-state index in [0.29, 0.717) is 24.3 Å². The monoisotopic (exact) mass is 392 g/mol. The number of sulfone groups is 1.